The van der Waals surface area contributed by atoms with Gasteiger partial charge in [-0.05, 0) is 46.9 Å². The van der Waals surface area contributed by atoms with Gasteiger partial charge in [-0.15, -0.1) is 0 Å². The fourth-order valence-corrected chi connectivity index (χ4v) is 2.22. The van der Waals surface area contributed by atoms with Crippen LogP contribution in [0.5, 0.6) is 0 Å². The van der Waals surface area contributed by atoms with Crippen LogP contribution in [0.1, 0.15) is 10.4 Å². The molecule has 0 radical (unpaired) electrons. The molecule has 2 aromatic rings. The van der Waals surface area contributed by atoms with Crippen molar-refractivity contribution in [3.8, 4) is 0 Å². The molecule has 0 heterocycles. The van der Waals surface area contributed by atoms with Crippen LogP contribution in [0.25, 0.3) is 0 Å². The van der Waals surface area contributed by atoms with E-state index in [-0.39, 0.29) is 5.91 Å². The van der Waals surface area contributed by atoms with E-state index in [0.29, 0.717) is 21.3 Å². The molecule has 0 spiro atoms. The van der Waals surface area contributed by atoms with Crippen molar-refractivity contribution < 1.29 is 4.79 Å². The van der Waals surface area contributed by atoms with Crippen molar-refractivity contribution >= 4 is 57.4 Å². The molecule has 1 amide bonds. The van der Waals surface area contributed by atoms with E-state index in [9.17, 15) is 4.79 Å². The van der Waals surface area contributed by atoms with Gasteiger partial charge >= 0.3 is 0 Å². The summed E-state index contributed by atoms with van der Waals surface area (Å²) in [5, 5.41) is 3.80. The van der Waals surface area contributed by atoms with E-state index in [1.807, 2.05) is 18.2 Å². The summed E-state index contributed by atoms with van der Waals surface area (Å²) in [7, 11) is 0. The van der Waals surface area contributed by atoms with Crippen LogP contribution in [0.2, 0.25) is 10.0 Å². The minimum atomic E-state index is -0.191. The number of hydrogen-bond acceptors (Lipinski definition) is 1. The van der Waals surface area contributed by atoms with Gasteiger partial charge in [-0.25, -0.2) is 0 Å². The first kappa shape index (κ1) is 13.6. The molecule has 0 saturated heterocycles. The van der Waals surface area contributed by atoms with E-state index < -0.39 is 0 Å². The van der Waals surface area contributed by atoms with Crippen LogP contribution in [0.15, 0.2) is 42.5 Å². The van der Waals surface area contributed by atoms with Crippen molar-refractivity contribution in [3.05, 3.63) is 61.6 Å². The number of benzene rings is 2. The van der Waals surface area contributed by atoms with Gasteiger partial charge in [0.2, 0.25) is 0 Å². The van der Waals surface area contributed by atoms with E-state index in [4.69, 9.17) is 23.2 Å². The zero-order valence-electron chi connectivity index (χ0n) is 9.08. The Morgan fingerprint density at radius 1 is 1.06 bits per heavy atom. The topological polar surface area (TPSA) is 29.1 Å². The minimum Gasteiger partial charge on any atom is -0.322 e. The van der Waals surface area contributed by atoms with Gasteiger partial charge in [-0.1, -0.05) is 41.4 Å². The number of hydrogen-bond donors (Lipinski definition) is 1. The Kier molecular flexibility index (Phi) is 4.48. The van der Waals surface area contributed by atoms with Gasteiger partial charge in [0, 0.05) is 11.3 Å². The zero-order valence-corrected chi connectivity index (χ0v) is 12.8. The highest BCUT2D eigenvalue weighted by atomic mass is 127. The highest BCUT2D eigenvalue weighted by Gasteiger charge is 2.09. The van der Waals surface area contributed by atoms with Gasteiger partial charge < -0.3 is 5.32 Å². The molecule has 1 N–H and O–H groups in total. The Labute approximate surface area is 128 Å². The van der Waals surface area contributed by atoms with Gasteiger partial charge in [-0.3, -0.25) is 4.79 Å². The van der Waals surface area contributed by atoms with Crippen molar-refractivity contribution in [1.29, 1.82) is 0 Å². The Bertz CT molecular complexity index is 564. The van der Waals surface area contributed by atoms with Crippen molar-refractivity contribution in [1.82, 2.24) is 0 Å². The van der Waals surface area contributed by atoms with Crippen LogP contribution < -0.4 is 5.32 Å². The molecular weight excluding hydrogens is 384 g/mol. The van der Waals surface area contributed by atoms with Gasteiger partial charge in [0.1, 0.15) is 0 Å². The first-order valence-electron chi connectivity index (χ1n) is 5.09. The van der Waals surface area contributed by atoms with Crippen LogP contribution in [0.4, 0.5) is 5.69 Å². The van der Waals surface area contributed by atoms with E-state index >= 15 is 0 Å². The third-order valence-electron chi connectivity index (χ3n) is 2.28. The number of halogens is 3. The monoisotopic (exact) mass is 391 g/mol. The Hall–Kier alpha value is -0.780. The lowest BCUT2D eigenvalue weighted by Crippen LogP contribution is -2.11. The molecule has 0 aliphatic carbocycles. The number of anilines is 1. The lowest BCUT2D eigenvalue weighted by Gasteiger charge is -2.07. The fourth-order valence-electron chi connectivity index (χ4n) is 1.42. The quantitative estimate of drug-likeness (QED) is 0.575. The number of carbonyl (C=O) groups excluding carboxylic acids is 1. The molecule has 5 heteroatoms. The molecular formula is C13H8Cl2INO. The van der Waals surface area contributed by atoms with Crippen LogP contribution >= 0.6 is 45.8 Å². The third kappa shape index (κ3) is 3.16. The average Bonchev–Trinajstić information content (AvgIpc) is 2.37. The summed E-state index contributed by atoms with van der Waals surface area (Å²) < 4.78 is 0.772. The Morgan fingerprint density at radius 3 is 2.17 bits per heavy atom. The summed E-state index contributed by atoms with van der Waals surface area (Å²) in [6.07, 6.45) is 0. The molecule has 0 aliphatic rings. The molecule has 0 unspecified atom stereocenters. The van der Waals surface area contributed by atoms with Gasteiger partial charge in [0.25, 0.3) is 5.91 Å². The minimum absolute atomic E-state index is 0.191. The maximum Gasteiger partial charge on any atom is 0.255 e. The van der Waals surface area contributed by atoms with Crippen LogP contribution in [-0.4, -0.2) is 5.91 Å². The van der Waals surface area contributed by atoms with Crippen molar-refractivity contribution in [2.75, 3.05) is 5.32 Å². The highest BCUT2D eigenvalue weighted by Crippen LogP contribution is 2.30. The van der Waals surface area contributed by atoms with E-state index in [1.165, 1.54) is 0 Å². The van der Waals surface area contributed by atoms with Crippen molar-refractivity contribution in [2.24, 2.45) is 0 Å². The molecule has 18 heavy (non-hydrogen) atoms. The number of rotatable bonds is 2. The molecule has 0 bridgehead atoms. The van der Waals surface area contributed by atoms with Crippen molar-refractivity contribution in [3.63, 3.8) is 0 Å². The Balaban J connectivity index is 2.23. The normalized spacial score (nSPS) is 10.2. The molecule has 2 aromatic carbocycles. The lowest BCUT2D eigenvalue weighted by molar-refractivity contribution is 0.102. The summed E-state index contributed by atoms with van der Waals surface area (Å²) in [6.45, 7) is 0. The van der Waals surface area contributed by atoms with Crippen LogP contribution in [0.3, 0.4) is 0 Å². The second-order valence-corrected chi connectivity index (χ2v) is 5.47. The molecule has 0 fully saturated rings. The first-order chi connectivity index (χ1) is 8.58. The average molecular weight is 392 g/mol. The van der Waals surface area contributed by atoms with E-state index in [0.717, 1.165) is 3.57 Å². The summed E-state index contributed by atoms with van der Waals surface area (Å²) >= 11 is 14.1. The SMILES string of the molecule is O=C(Nc1cc(Cl)c(I)c(Cl)c1)c1ccccc1. The van der Waals surface area contributed by atoms with Gasteiger partial charge in [0.15, 0.2) is 0 Å². The molecule has 92 valence electrons. The van der Waals surface area contributed by atoms with E-state index in [1.54, 1.807) is 24.3 Å². The molecule has 0 atom stereocenters. The summed E-state index contributed by atoms with van der Waals surface area (Å²) in [5.41, 5.74) is 1.17. The highest BCUT2D eigenvalue weighted by molar-refractivity contribution is 14.1. The second-order valence-electron chi connectivity index (χ2n) is 3.57. The van der Waals surface area contributed by atoms with Crippen LogP contribution in [0, 0.1) is 3.57 Å². The number of nitrogens with one attached hydrogen (secondary N) is 1. The predicted molar refractivity (Wildman–Crippen MR) is 83.6 cm³/mol. The van der Waals surface area contributed by atoms with E-state index in [2.05, 4.69) is 27.9 Å². The largest absolute Gasteiger partial charge is 0.322 e. The number of carbonyl (C=O) groups is 1. The summed E-state index contributed by atoms with van der Waals surface area (Å²) in [5.74, 6) is -0.191. The van der Waals surface area contributed by atoms with Gasteiger partial charge in [-0.2, -0.15) is 0 Å². The van der Waals surface area contributed by atoms with Gasteiger partial charge in [0.05, 0.1) is 13.6 Å². The molecule has 2 nitrogen and oxygen atoms in total. The second kappa shape index (κ2) is 5.91. The summed E-state index contributed by atoms with van der Waals surface area (Å²) in [4.78, 5) is 11.9. The molecule has 0 saturated carbocycles. The zero-order chi connectivity index (χ0) is 13.1. The Morgan fingerprint density at radius 2 is 1.61 bits per heavy atom. The smallest absolute Gasteiger partial charge is 0.255 e. The first-order valence-corrected chi connectivity index (χ1v) is 6.92. The number of amides is 1. The lowest BCUT2D eigenvalue weighted by atomic mass is 10.2. The summed E-state index contributed by atoms with van der Waals surface area (Å²) in [6, 6.07) is 12.3. The maximum absolute atomic E-state index is 11.9. The van der Waals surface area contributed by atoms with Crippen LogP contribution in [-0.2, 0) is 0 Å². The van der Waals surface area contributed by atoms with Crippen molar-refractivity contribution in [2.45, 2.75) is 0 Å². The molecule has 2 rings (SSSR count). The predicted octanol–water partition coefficient (Wildman–Crippen LogP) is 4.85. The molecule has 0 aliphatic heterocycles. The maximum atomic E-state index is 11.9. The standard InChI is InChI=1S/C13H8Cl2INO/c14-10-6-9(7-11(15)12(10)16)17-13(18)8-4-2-1-3-5-8/h1-7H,(H,17,18). The fraction of sp³-hybridized carbons (Fsp3) is 0. The third-order valence-corrected chi connectivity index (χ3v) is 4.67. The molecule has 0 aromatic heterocycles.